The Kier molecular flexibility index (Phi) is 6.15. The molecule has 0 radical (unpaired) electrons. The minimum atomic E-state index is -0.345. The Morgan fingerprint density at radius 3 is 2.74 bits per heavy atom. The lowest BCUT2D eigenvalue weighted by atomic mass is 10.1. The number of nitrogens with zero attached hydrogens (tertiary/aromatic N) is 4. The normalized spacial score (nSPS) is 11.1. The van der Waals surface area contributed by atoms with Crippen LogP contribution in [0.3, 0.4) is 0 Å². The number of hydrogen-bond donors (Lipinski definition) is 1. The fourth-order valence-corrected chi connectivity index (χ4v) is 4.26. The summed E-state index contributed by atoms with van der Waals surface area (Å²) in [5.74, 6) is 1.85. The Hall–Kier alpha value is -3.04. The van der Waals surface area contributed by atoms with E-state index in [-0.39, 0.29) is 11.6 Å². The first-order chi connectivity index (χ1) is 15.0. The quantitative estimate of drug-likeness (QED) is 0.433. The maximum atomic E-state index is 14.1. The number of aryl methyl sites for hydroxylation is 1. The fraction of sp³-hybridized carbons (Fsp3) is 0.190. The minimum Gasteiger partial charge on any atom is -0.497 e. The average Bonchev–Trinajstić information content (AvgIpc) is 3.19. The van der Waals surface area contributed by atoms with E-state index in [1.807, 2.05) is 18.2 Å². The Morgan fingerprint density at radius 2 is 2.00 bits per heavy atom. The van der Waals surface area contributed by atoms with Crippen molar-refractivity contribution in [3.05, 3.63) is 59.1 Å². The number of rotatable bonds is 7. The third-order valence-corrected chi connectivity index (χ3v) is 5.97. The summed E-state index contributed by atoms with van der Waals surface area (Å²) in [6.45, 7) is 0.412. The smallest absolute Gasteiger partial charge is 0.195 e. The van der Waals surface area contributed by atoms with Crippen LogP contribution in [0.25, 0.3) is 11.5 Å². The number of hydrogen-bond acceptors (Lipinski definition) is 7. The molecule has 0 fully saturated rings. The molecule has 0 saturated heterocycles. The summed E-state index contributed by atoms with van der Waals surface area (Å²) >= 11 is 7.47. The van der Waals surface area contributed by atoms with Crippen molar-refractivity contribution in [1.29, 1.82) is 0 Å². The second-order valence-corrected chi connectivity index (χ2v) is 7.99. The molecule has 2 heterocycles. The Bertz CT molecular complexity index is 1180. The van der Waals surface area contributed by atoms with Gasteiger partial charge in [0.25, 0.3) is 0 Å². The Balaban J connectivity index is 1.65. The third-order valence-electron chi connectivity index (χ3n) is 4.71. The number of methoxy groups -OCH3 is 2. The van der Waals surface area contributed by atoms with Crippen LogP contribution in [0, 0.1) is 5.82 Å². The van der Waals surface area contributed by atoms with Gasteiger partial charge >= 0.3 is 0 Å². The maximum Gasteiger partial charge on any atom is 0.195 e. The standard InChI is InChI=1S/C21H19ClFN5O2S/c1-29-12-6-7-16(30-2)17(10-12)31-21-26-18-19(24)25-11-28(20(18)27-21)9-8-13-14(22)4-3-5-15(13)23/h3-7,10-11H,8-9,24H2,1-2H3. The molecule has 2 aromatic rings. The van der Waals surface area contributed by atoms with E-state index >= 15 is 0 Å². The molecule has 0 bridgehead atoms. The summed E-state index contributed by atoms with van der Waals surface area (Å²) in [4.78, 5) is 14.2. The Morgan fingerprint density at radius 1 is 1.16 bits per heavy atom. The number of anilines is 1. The molecule has 31 heavy (non-hydrogen) atoms. The Labute approximate surface area is 187 Å². The number of aromatic nitrogens is 4. The number of fused-ring (bicyclic) bond motifs is 1. The van der Waals surface area contributed by atoms with Gasteiger partial charge in [0.05, 0.1) is 25.4 Å². The molecule has 7 nitrogen and oxygen atoms in total. The third kappa shape index (κ3) is 4.38. The molecule has 2 N–H and O–H groups in total. The van der Waals surface area contributed by atoms with Crippen LogP contribution in [0.1, 0.15) is 5.56 Å². The highest BCUT2D eigenvalue weighted by atomic mass is 35.5. The lowest BCUT2D eigenvalue weighted by molar-refractivity contribution is 0.394. The molecule has 4 rings (SSSR count). The summed E-state index contributed by atoms with van der Waals surface area (Å²) in [5.41, 5.74) is 6.95. The van der Waals surface area contributed by atoms with E-state index in [0.717, 1.165) is 4.90 Å². The summed E-state index contributed by atoms with van der Waals surface area (Å²) in [7, 11) is 3.19. The highest BCUT2D eigenvalue weighted by Crippen LogP contribution is 2.38. The predicted molar refractivity (Wildman–Crippen MR) is 118 cm³/mol. The van der Waals surface area contributed by atoms with Crippen LogP contribution >= 0.6 is 23.4 Å². The van der Waals surface area contributed by atoms with E-state index < -0.39 is 0 Å². The van der Waals surface area contributed by atoms with E-state index in [1.54, 1.807) is 37.2 Å². The molecule has 0 aliphatic carbocycles. The van der Waals surface area contributed by atoms with Gasteiger partial charge in [-0.1, -0.05) is 17.7 Å². The van der Waals surface area contributed by atoms with E-state index in [0.29, 0.717) is 51.7 Å². The van der Waals surface area contributed by atoms with Gasteiger partial charge in [-0.3, -0.25) is 0 Å². The minimum absolute atomic E-state index is 0.270. The van der Waals surface area contributed by atoms with Gasteiger partial charge < -0.3 is 19.8 Å². The summed E-state index contributed by atoms with van der Waals surface area (Å²) in [6.07, 6.45) is 1.94. The lowest BCUT2D eigenvalue weighted by Gasteiger charge is -2.12. The second-order valence-electron chi connectivity index (χ2n) is 6.57. The predicted octanol–water partition coefficient (Wildman–Crippen LogP) is 4.56. The first-order valence-corrected chi connectivity index (χ1v) is 10.5. The molecule has 0 aromatic heterocycles. The van der Waals surface area contributed by atoms with Crippen molar-refractivity contribution in [2.45, 2.75) is 23.0 Å². The second kappa shape index (κ2) is 8.99. The van der Waals surface area contributed by atoms with Crippen LogP contribution in [0.15, 0.2) is 52.8 Å². The van der Waals surface area contributed by atoms with Crippen LogP contribution in [0.2, 0.25) is 5.02 Å². The molecular weight excluding hydrogens is 441 g/mol. The molecule has 0 saturated carbocycles. The van der Waals surface area contributed by atoms with Crippen molar-refractivity contribution in [3.63, 3.8) is 0 Å². The highest BCUT2D eigenvalue weighted by Gasteiger charge is 2.21. The van der Waals surface area contributed by atoms with Crippen LogP contribution in [-0.2, 0) is 13.0 Å². The molecule has 160 valence electrons. The largest absolute Gasteiger partial charge is 0.497 e. The van der Waals surface area contributed by atoms with Crippen LogP contribution < -0.4 is 15.2 Å². The lowest BCUT2D eigenvalue weighted by Crippen LogP contribution is -2.10. The maximum absolute atomic E-state index is 14.1. The van der Waals surface area contributed by atoms with Gasteiger partial charge in [-0.05, 0) is 48.5 Å². The number of halogens is 2. The first kappa shape index (κ1) is 21.2. The van der Waals surface area contributed by atoms with E-state index in [4.69, 9.17) is 26.8 Å². The van der Waals surface area contributed by atoms with Gasteiger partial charge in [0.2, 0.25) is 0 Å². The molecule has 2 aliphatic heterocycles. The fourth-order valence-electron chi connectivity index (χ4n) is 3.11. The molecule has 0 amide bonds. The van der Waals surface area contributed by atoms with Gasteiger partial charge in [-0.15, -0.1) is 0 Å². The number of nitrogen functional groups attached to an aromatic ring is 1. The number of ether oxygens (including phenoxy) is 2. The number of nitrogens with two attached hydrogens (primary N) is 1. The molecule has 2 aromatic carbocycles. The van der Waals surface area contributed by atoms with Gasteiger partial charge in [-0.25, -0.2) is 19.3 Å². The van der Waals surface area contributed by atoms with Crippen molar-refractivity contribution in [1.82, 2.24) is 19.5 Å². The van der Waals surface area contributed by atoms with Crippen LogP contribution in [0.5, 0.6) is 11.5 Å². The number of benzene rings is 2. The monoisotopic (exact) mass is 459 g/mol. The van der Waals surface area contributed by atoms with Crippen molar-refractivity contribution >= 4 is 29.2 Å². The van der Waals surface area contributed by atoms with E-state index in [1.165, 1.54) is 17.8 Å². The molecule has 0 spiro atoms. The molecule has 10 heteroatoms. The summed E-state index contributed by atoms with van der Waals surface area (Å²) in [6, 6.07) is 10.1. The average molecular weight is 460 g/mol. The molecule has 0 unspecified atom stereocenters. The van der Waals surface area contributed by atoms with Gasteiger partial charge in [-0.2, -0.15) is 0 Å². The number of imidazole rings is 1. The zero-order valence-electron chi connectivity index (χ0n) is 16.8. The van der Waals surface area contributed by atoms with Crippen molar-refractivity contribution in [3.8, 4) is 23.0 Å². The first-order valence-electron chi connectivity index (χ1n) is 9.31. The van der Waals surface area contributed by atoms with E-state index in [2.05, 4.69) is 15.0 Å². The zero-order valence-corrected chi connectivity index (χ0v) is 18.4. The summed E-state index contributed by atoms with van der Waals surface area (Å²) < 4.78 is 26.6. The SMILES string of the molecule is COc1ccc(OC)c(Sc2nc3c(N)ncn(CCc4c(F)cccc4Cl)c-3n2)c1. The topological polar surface area (TPSA) is 88.1 Å². The van der Waals surface area contributed by atoms with Crippen molar-refractivity contribution in [2.24, 2.45) is 0 Å². The van der Waals surface area contributed by atoms with Gasteiger partial charge in [0, 0.05) is 17.1 Å². The van der Waals surface area contributed by atoms with Crippen LogP contribution in [-0.4, -0.2) is 33.7 Å². The van der Waals surface area contributed by atoms with Crippen molar-refractivity contribution in [2.75, 3.05) is 20.0 Å². The van der Waals surface area contributed by atoms with Crippen molar-refractivity contribution < 1.29 is 13.9 Å². The van der Waals surface area contributed by atoms with Crippen LogP contribution in [0.4, 0.5) is 10.2 Å². The molecule has 2 aliphatic rings. The van der Waals surface area contributed by atoms with Gasteiger partial charge in [0.1, 0.15) is 17.3 Å². The zero-order chi connectivity index (χ0) is 22.0. The van der Waals surface area contributed by atoms with E-state index in [9.17, 15) is 4.39 Å². The summed E-state index contributed by atoms with van der Waals surface area (Å²) in [5, 5.41) is 0.870. The molecular formula is C21H19ClFN5O2S. The van der Waals surface area contributed by atoms with Gasteiger partial charge in [0.15, 0.2) is 22.5 Å². The highest BCUT2D eigenvalue weighted by molar-refractivity contribution is 7.99. The molecule has 0 atom stereocenters.